The summed E-state index contributed by atoms with van der Waals surface area (Å²) in [6.45, 7) is 3.77. The molecule has 3 N–H and O–H groups in total. The normalized spacial score (nSPS) is 22.8. The van der Waals surface area contributed by atoms with Gasteiger partial charge in [-0.15, -0.1) is 0 Å². The Bertz CT molecular complexity index is 438. The summed E-state index contributed by atoms with van der Waals surface area (Å²) in [6.07, 6.45) is 2.37. The van der Waals surface area contributed by atoms with E-state index >= 15 is 0 Å². The molecular weight excluding hydrogens is 245 g/mol. The van der Waals surface area contributed by atoms with Gasteiger partial charge in [-0.25, -0.2) is 9.18 Å². The first kappa shape index (κ1) is 13.8. The minimum absolute atomic E-state index is 0.301. The van der Waals surface area contributed by atoms with Crippen LogP contribution < -0.4 is 16.0 Å². The van der Waals surface area contributed by atoms with Crippen LogP contribution in [0.25, 0.3) is 0 Å². The molecule has 2 amide bonds. The molecule has 0 bridgehead atoms. The van der Waals surface area contributed by atoms with Crippen molar-refractivity contribution in [3.8, 4) is 0 Å². The Labute approximate surface area is 112 Å². The molecule has 2 unspecified atom stereocenters. The van der Waals surface area contributed by atoms with Crippen LogP contribution in [0.15, 0.2) is 24.3 Å². The first-order valence-corrected chi connectivity index (χ1v) is 6.69. The van der Waals surface area contributed by atoms with E-state index in [4.69, 9.17) is 0 Å². The molecule has 19 heavy (non-hydrogen) atoms. The zero-order valence-corrected chi connectivity index (χ0v) is 11.1. The van der Waals surface area contributed by atoms with E-state index in [1.54, 1.807) is 12.1 Å². The highest BCUT2D eigenvalue weighted by Crippen LogP contribution is 2.14. The molecule has 1 heterocycles. The van der Waals surface area contributed by atoms with E-state index in [9.17, 15) is 9.18 Å². The lowest BCUT2D eigenvalue weighted by molar-refractivity contribution is 0.244. The SMILES string of the molecule is CC1CCCNC1CNC(=O)Nc1cccc(F)c1. The standard InChI is InChI=1S/C14H20FN3O/c1-10-4-3-7-16-13(10)9-17-14(19)18-12-6-2-5-11(15)8-12/h2,5-6,8,10,13,16H,3-4,7,9H2,1H3,(H2,17,18,19). The Hall–Kier alpha value is -1.62. The molecule has 1 aromatic carbocycles. The topological polar surface area (TPSA) is 53.2 Å². The summed E-state index contributed by atoms with van der Waals surface area (Å²) in [5.74, 6) is 0.198. The number of amides is 2. The van der Waals surface area contributed by atoms with Crippen molar-refractivity contribution in [2.24, 2.45) is 5.92 Å². The summed E-state index contributed by atoms with van der Waals surface area (Å²) in [4.78, 5) is 11.7. The second kappa shape index (κ2) is 6.52. The first-order chi connectivity index (χ1) is 9.15. The molecule has 0 saturated carbocycles. The highest BCUT2D eigenvalue weighted by molar-refractivity contribution is 5.89. The molecule has 1 aromatic rings. The molecule has 0 aliphatic carbocycles. The molecule has 0 spiro atoms. The number of anilines is 1. The van der Waals surface area contributed by atoms with Gasteiger partial charge in [0, 0.05) is 18.3 Å². The molecule has 1 fully saturated rings. The lowest BCUT2D eigenvalue weighted by atomic mass is 9.93. The maximum absolute atomic E-state index is 13.0. The molecular formula is C14H20FN3O. The van der Waals surface area contributed by atoms with Crippen molar-refractivity contribution < 1.29 is 9.18 Å². The zero-order valence-electron chi connectivity index (χ0n) is 11.1. The number of carbonyl (C=O) groups excluding carboxylic acids is 1. The lowest BCUT2D eigenvalue weighted by Crippen LogP contribution is -2.48. The van der Waals surface area contributed by atoms with Crippen molar-refractivity contribution in [1.82, 2.24) is 10.6 Å². The number of hydrogen-bond acceptors (Lipinski definition) is 2. The van der Waals surface area contributed by atoms with E-state index < -0.39 is 0 Å². The number of benzene rings is 1. The molecule has 2 atom stereocenters. The van der Waals surface area contributed by atoms with Crippen molar-refractivity contribution in [2.75, 3.05) is 18.4 Å². The summed E-state index contributed by atoms with van der Waals surface area (Å²) in [5.41, 5.74) is 0.460. The number of rotatable bonds is 3. The molecule has 5 heteroatoms. The van der Waals surface area contributed by atoms with Crippen molar-refractivity contribution in [2.45, 2.75) is 25.8 Å². The molecule has 4 nitrogen and oxygen atoms in total. The largest absolute Gasteiger partial charge is 0.336 e. The van der Waals surface area contributed by atoms with E-state index in [1.165, 1.54) is 25.0 Å². The van der Waals surface area contributed by atoms with Gasteiger partial charge >= 0.3 is 6.03 Å². The highest BCUT2D eigenvalue weighted by Gasteiger charge is 2.20. The Balaban J connectivity index is 1.78. The number of piperidine rings is 1. The lowest BCUT2D eigenvalue weighted by Gasteiger charge is -2.30. The van der Waals surface area contributed by atoms with E-state index in [0.29, 0.717) is 24.2 Å². The van der Waals surface area contributed by atoms with Crippen molar-refractivity contribution >= 4 is 11.7 Å². The van der Waals surface area contributed by atoms with Gasteiger partial charge in [0.05, 0.1) is 0 Å². The summed E-state index contributed by atoms with van der Waals surface area (Å²) >= 11 is 0. The van der Waals surface area contributed by atoms with Gasteiger partial charge < -0.3 is 16.0 Å². The summed E-state index contributed by atoms with van der Waals surface area (Å²) < 4.78 is 13.0. The average Bonchev–Trinajstić information content (AvgIpc) is 2.38. The molecule has 0 aromatic heterocycles. The Morgan fingerprint density at radius 1 is 1.53 bits per heavy atom. The number of carbonyl (C=O) groups is 1. The van der Waals surface area contributed by atoms with Crippen molar-refractivity contribution in [1.29, 1.82) is 0 Å². The van der Waals surface area contributed by atoms with Crippen LogP contribution in [0.4, 0.5) is 14.9 Å². The van der Waals surface area contributed by atoms with Crippen LogP contribution in [0, 0.1) is 11.7 Å². The van der Waals surface area contributed by atoms with Gasteiger partial charge in [0.15, 0.2) is 0 Å². The predicted octanol–water partition coefficient (Wildman–Crippen LogP) is 2.34. The average molecular weight is 265 g/mol. The smallest absolute Gasteiger partial charge is 0.319 e. The summed E-state index contributed by atoms with van der Waals surface area (Å²) in [7, 11) is 0. The van der Waals surface area contributed by atoms with E-state index in [0.717, 1.165) is 6.54 Å². The maximum atomic E-state index is 13.0. The van der Waals surface area contributed by atoms with Gasteiger partial charge in [0.1, 0.15) is 5.82 Å². The third-order valence-corrected chi connectivity index (χ3v) is 3.49. The number of nitrogens with one attached hydrogen (secondary N) is 3. The van der Waals surface area contributed by atoms with Crippen LogP contribution in [0.3, 0.4) is 0 Å². The Morgan fingerprint density at radius 2 is 2.37 bits per heavy atom. The molecule has 0 radical (unpaired) electrons. The quantitative estimate of drug-likeness (QED) is 0.785. The molecule has 1 aliphatic heterocycles. The van der Waals surface area contributed by atoms with Gasteiger partial charge in [-0.3, -0.25) is 0 Å². The van der Waals surface area contributed by atoms with Crippen molar-refractivity contribution in [3.05, 3.63) is 30.1 Å². The van der Waals surface area contributed by atoms with Gasteiger partial charge in [-0.1, -0.05) is 13.0 Å². The van der Waals surface area contributed by atoms with E-state index in [-0.39, 0.29) is 11.8 Å². The maximum Gasteiger partial charge on any atom is 0.319 e. The van der Waals surface area contributed by atoms with Gasteiger partial charge in [0.2, 0.25) is 0 Å². The monoisotopic (exact) mass is 265 g/mol. The van der Waals surface area contributed by atoms with Crippen LogP contribution in [-0.2, 0) is 0 Å². The third-order valence-electron chi connectivity index (χ3n) is 3.49. The summed E-state index contributed by atoms with van der Waals surface area (Å²) in [6, 6.07) is 5.87. The predicted molar refractivity (Wildman–Crippen MR) is 73.6 cm³/mol. The fourth-order valence-corrected chi connectivity index (χ4v) is 2.33. The first-order valence-electron chi connectivity index (χ1n) is 6.69. The van der Waals surface area contributed by atoms with Crippen molar-refractivity contribution in [3.63, 3.8) is 0 Å². The second-order valence-electron chi connectivity index (χ2n) is 5.03. The molecule has 2 rings (SSSR count). The fourth-order valence-electron chi connectivity index (χ4n) is 2.33. The van der Waals surface area contributed by atoms with E-state index in [1.807, 2.05) is 0 Å². The number of urea groups is 1. The van der Waals surface area contributed by atoms with E-state index in [2.05, 4.69) is 22.9 Å². The number of hydrogen-bond donors (Lipinski definition) is 3. The summed E-state index contributed by atoms with van der Waals surface area (Å²) in [5, 5.41) is 8.83. The minimum Gasteiger partial charge on any atom is -0.336 e. The zero-order chi connectivity index (χ0) is 13.7. The van der Waals surface area contributed by atoms with Crippen LogP contribution in [-0.4, -0.2) is 25.2 Å². The second-order valence-corrected chi connectivity index (χ2v) is 5.03. The Morgan fingerprint density at radius 3 is 3.11 bits per heavy atom. The van der Waals surface area contributed by atoms with Gasteiger partial charge in [0.25, 0.3) is 0 Å². The van der Waals surface area contributed by atoms with Gasteiger partial charge in [-0.05, 0) is 43.5 Å². The number of halogens is 1. The van der Waals surface area contributed by atoms with Crippen LogP contribution in [0.1, 0.15) is 19.8 Å². The minimum atomic E-state index is -0.361. The molecule has 1 aliphatic rings. The van der Waals surface area contributed by atoms with Gasteiger partial charge in [-0.2, -0.15) is 0 Å². The van der Waals surface area contributed by atoms with Crippen LogP contribution in [0.5, 0.6) is 0 Å². The van der Waals surface area contributed by atoms with Crippen LogP contribution in [0.2, 0.25) is 0 Å². The molecule has 104 valence electrons. The fraction of sp³-hybridized carbons (Fsp3) is 0.500. The van der Waals surface area contributed by atoms with Crippen LogP contribution >= 0.6 is 0 Å². The third kappa shape index (κ3) is 4.21. The molecule has 1 saturated heterocycles. The Kier molecular flexibility index (Phi) is 4.74. The highest BCUT2D eigenvalue weighted by atomic mass is 19.1.